The van der Waals surface area contributed by atoms with Crippen molar-refractivity contribution >= 4 is 52.1 Å². The Bertz CT molecular complexity index is 3140. The number of hydrogen-bond acceptors (Lipinski definition) is 12. The van der Waals surface area contributed by atoms with Gasteiger partial charge in [0.1, 0.15) is 0 Å². The number of thiocarbonyl (C=S) groups is 1. The van der Waals surface area contributed by atoms with Crippen LogP contribution in [0.3, 0.4) is 0 Å². The van der Waals surface area contributed by atoms with Crippen LogP contribution in [0.1, 0.15) is 84.5 Å². The van der Waals surface area contributed by atoms with E-state index >= 15 is 0 Å². The van der Waals surface area contributed by atoms with Crippen molar-refractivity contribution in [3.8, 4) is 43.8 Å². The number of rotatable bonds is 22. The number of benzene rings is 6. The minimum absolute atomic E-state index is 0.0533. The van der Waals surface area contributed by atoms with Crippen molar-refractivity contribution in [3.05, 3.63) is 209 Å². The lowest BCUT2D eigenvalue weighted by Gasteiger charge is -2.15. The Hall–Kier alpha value is -7.92. The lowest BCUT2D eigenvalue weighted by Crippen LogP contribution is -2.35. The van der Waals surface area contributed by atoms with Crippen LogP contribution in [-0.2, 0) is 14.2 Å². The van der Waals surface area contributed by atoms with Crippen molar-refractivity contribution < 1.29 is 33.4 Å². The van der Waals surface area contributed by atoms with E-state index in [1.54, 1.807) is 44.7 Å². The zero-order valence-corrected chi connectivity index (χ0v) is 51.1. The molecule has 1 heterocycles. The molecule has 0 fully saturated rings. The Morgan fingerprint density at radius 1 is 0.476 bits per heavy atom. The van der Waals surface area contributed by atoms with E-state index in [2.05, 4.69) is 88.8 Å². The highest BCUT2D eigenvalue weighted by molar-refractivity contribution is 7.81. The summed E-state index contributed by atoms with van der Waals surface area (Å²) in [6, 6.07) is 43.3. The second kappa shape index (κ2) is 32.5. The summed E-state index contributed by atoms with van der Waals surface area (Å²) in [5, 5.41) is 8.85. The van der Waals surface area contributed by atoms with Gasteiger partial charge in [0.15, 0.2) is 5.78 Å². The van der Waals surface area contributed by atoms with E-state index < -0.39 is 0 Å². The summed E-state index contributed by atoms with van der Waals surface area (Å²) in [5.41, 5.74) is 13.4. The number of ketones is 1. The van der Waals surface area contributed by atoms with Crippen molar-refractivity contribution in [1.29, 1.82) is 0 Å². The highest BCUT2D eigenvalue weighted by Gasteiger charge is 2.18. The minimum Gasteiger partial charge on any atom is -0.383 e. The number of aromatic nitrogens is 1. The minimum atomic E-state index is -0.232. The van der Waals surface area contributed by atoms with Gasteiger partial charge in [-0.05, 0) is 171 Å². The third kappa shape index (κ3) is 20.9. The van der Waals surface area contributed by atoms with Gasteiger partial charge in [-0.15, -0.1) is 0 Å². The van der Waals surface area contributed by atoms with Crippen LogP contribution in [0.15, 0.2) is 164 Å². The van der Waals surface area contributed by atoms with Crippen LogP contribution in [0, 0.1) is 20.8 Å². The highest BCUT2D eigenvalue weighted by Crippen LogP contribution is 2.31. The normalized spacial score (nSPS) is 12.0. The van der Waals surface area contributed by atoms with Crippen molar-refractivity contribution in [1.82, 2.24) is 30.1 Å². The molecule has 430 valence electrons. The predicted molar refractivity (Wildman–Crippen MR) is 339 cm³/mol. The average Bonchev–Trinajstić information content (AvgIpc) is 4.12. The number of carbonyl (C=O) groups is 4. The van der Waals surface area contributed by atoms with Crippen LogP contribution in [-0.4, -0.2) is 130 Å². The molecule has 0 spiro atoms. The van der Waals surface area contributed by atoms with Crippen LogP contribution in [0.5, 0.6) is 0 Å². The van der Waals surface area contributed by atoms with E-state index in [1.807, 2.05) is 146 Å². The molecule has 0 radical (unpaired) electrons. The van der Waals surface area contributed by atoms with Gasteiger partial charge in [0.25, 0.3) is 17.7 Å². The monoisotopic (exact) mass is 1140 g/mol. The first kappa shape index (κ1) is 64.9. The molecule has 0 aliphatic heterocycles. The number of nitrogens with zero attached hydrogens (tertiary/aromatic N) is 3. The molecule has 0 aliphatic rings. The lowest BCUT2D eigenvalue weighted by atomic mass is 9.97. The van der Waals surface area contributed by atoms with Gasteiger partial charge in [0.05, 0.1) is 24.7 Å². The molecule has 6 aromatic carbocycles. The predicted octanol–water partition coefficient (Wildman–Crippen LogP) is 12.5. The van der Waals surface area contributed by atoms with Crippen LogP contribution >= 0.6 is 23.8 Å². The van der Waals surface area contributed by atoms with Crippen LogP contribution in [0.4, 0.5) is 0 Å². The summed E-state index contributed by atoms with van der Waals surface area (Å²) in [6.45, 7) is 13.2. The summed E-state index contributed by atoms with van der Waals surface area (Å²) in [5.74, 6) is -0.626. The third-order valence-electron chi connectivity index (χ3n) is 12.5. The van der Waals surface area contributed by atoms with Crippen molar-refractivity contribution in [2.75, 3.05) is 69.3 Å². The van der Waals surface area contributed by atoms with Crippen molar-refractivity contribution in [2.24, 2.45) is 0 Å². The molecule has 15 heteroatoms. The number of allylic oxidation sites excluding steroid dienone is 2. The van der Waals surface area contributed by atoms with Gasteiger partial charge in [-0.1, -0.05) is 102 Å². The Balaban J connectivity index is 0.000000226. The van der Waals surface area contributed by atoms with E-state index in [1.165, 1.54) is 28.7 Å². The Morgan fingerprint density at radius 3 is 1.20 bits per heavy atom. The molecule has 0 saturated carbocycles. The first-order valence-electron chi connectivity index (χ1n) is 26.9. The van der Waals surface area contributed by atoms with Gasteiger partial charge in [-0.25, -0.2) is 4.37 Å². The topological polar surface area (TPSA) is 151 Å². The van der Waals surface area contributed by atoms with E-state index in [0.717, 1.165) is 54.9 Å². The third-order valence-corrected chi connectivity index (χ3v) is 13.6. The maximum atomic E-state index is 12.8. The molecule has 3 amide bonds. The number of aryl methyl sites for hydroxylation is 3. The Morgan fingerprint density at radius 2 is 0.817 bits per heavy atom. The second-order valence-corrected chi connectivity index (χ2v) is 21.9. The molecule has 7 rings (SSSR count). The van der Waals surface area contributed by atoms with Gasteiger partial charge in [-0.2, -0.15) is 0 Å². The van der Waals surface area contributed by atoms with E-state index in [-0.39, 0.29) is 41.6 Å². The van der Waals surface area contributed by atoms with Crippen molar-refractivity contribution in [2.45, 2.75) is 59.7 Å². The zero-order chi connectivity index (χ0) is 59.9. The maximum absolute atomic E-state index is 12.8. The number of ether oxygens (including phenoxy) is 3. The van der Waals surface area contributed by atoms with Gasteiger partial charge in [0.2, 0.25) is 0 Å². The SMILES string of the molecule is COCC(C)NC(=O)c1cc(-c2ccc(C)cc2)cc(-c2ccns2)c1.COCC(C)NC(=O)c1cc(C(=O)/C=C\N(C)C)cc(-c2ccc(C)cc2)c1.COCC(C)NC(=O)c1cc(C(=S)/C=C\N(C)C)cc(-c2ccc(C)cc2)c1. The number of carbonyl (C=O) groups excluding carboxylic acids is 4. The second-order valence-electron chi connectivity index (χ2n) is 20.6. The fourth-order valence-electron chi connectivity index (χ4n) is 8.23. The molecule has 0 bridgehead atoms. The molecular weight excluding hydrogens is 1060 g/mol. The summed E-state index contributed by atoms with van der Waals surface area (Å²) in [7, 11) is 12.4. The summed E-state index contributed by atoms with van der Waals surface area (Å²) in [4.78, 5) is 56.3. The zero-order valence-electron chi connectivity index (χ0n) is 49.5. The highest BCUT2D eigenvalue weighted by atomic mass is 32.1. The number of nitrogens with one attached hydrogen (secondary N) is 3. The smallest absolute Gasteiger partial charge is 0.251 e. The number of hydrogen-bond donors (Lipinski definition) is 3. The van der Waals surface area contributed by atoms with E-state index in [9.17, 15) is 19.2 Å². The molecule has 7 aromatic rings. The van der Waals surface area contributed by atoms with E-state index in [0.29, 0.717) is 46.9 Å². The molecule has 0 aliphatic carbocycles. The molecule has 82 heavy (non-hydrogen) atoms. The van der Waals surface area contributed by atoms with Crippen LogP contribution in [0.2, 0.25) is 0 Å². The van der Waals surface area contributed by atoms with Gasteiger partial charge in [-0.3, -0.25) is 19.2 Å². The molecule has 3 N–H and O–H groups in total. The molecule has 3 unspecified atom stereocenters. The standard InChI is InChI=1S/C23H28N2O3.C23H28N2O2S.C21H22N2O2S/c1-16-6-8-18(9-7-16)19-12-20(22(26)10-11-25(3)4)14-21(13-19)23(27)24-17(2)15-28-5;1-16-6-8-18(9-7-16)19-12-20(22(28)10-11-25(3)4)14-21(13-19)23(26)24-17(2)15-27-5;1-14-4-6-16(7-5-14)17-10-18(20-8-9-22-26-20)12-19(11-17)21(24)23-15(2)13-25-3/h6-14,17H,15H2,1-5H3,(H,24,27);6-14,17H,15H2,1-5H3,(H,24,26);4-12,15H,13H2,1-3H3,(H,23,24)/b2*11-10-;. The average molecular weight is 1140 g/mol. The largest absolute Gasteiger partial charge is 0.383 e. The summed E-state index contributed by atoms with van der Waals surface area (Å²) in [6.07, 6.45) is 8.75. The fourth-order valence-corrected chi connectivity index (χ4v) is 8.99. The van der Waals surface area contributed by atoms with Crippen LogP contribution in [0.25, 0.3) is 43.8 Å². The Labute approximate surface area is 494 Å². The summed E-state index contributed by atoms with van der Waals surface area (Å²) < 4.78 is 19.5. The molecule has 3 atom stereocenters. The Kier molecular flexibility index (Phi) is 25.7. The van der Waals surface area contributed by atoms with Gasteiger partial charge in [0, 0.05) is 113 Å². The molecule has 1 aromatic heterocycles. The first-order valence-corrected chi connectivity index (χ1v) is 28.1. The molecule has 13 nitrogen and oxygen atoms in total. The van der Waals surface area contributed by atoms with Gasteiger partial charge < -0.3 is 40.0 Å². The van der Waals surface area contributed by atoms with Crippen LogP contribution < -0.4 is 16.0 Å². The maximum Gasteiger partial charge on any atom is 0.251 e. The first-order chi connectivity index (χ1) is 39.2. The number of amides is 3. The lowest BCUT2D eigenvalue weighted by molar-refractivity contribution is 0.0898. The number of methoxy groups -OCH3 is 3. The molecular formula is C67H78N6O7S2. The molecule has 0 saturated heterocycles. The quantitative estimate of drug-likeness (QED) is 0.0338. The summed E-state index contributed by atoms with van der Waals surface area (Å²) >= 11 is 7.00. The van der Waals surface area contributed by atoms with Gasteiger partial charge >= 0.3 is 0 Å². The fraction of sp³-hybridized carbons (Fsp3) is 0.284. The van der Waals surface area contributed by atoms with Crippen molar-refractivity contribution in [3.63, 3.8) is 0 Å². The van der Waals surface area contributed by atoms with E-state index in [4.69, 9.17) is 26.4 Å².